The van der Waals surface area contributed by atoms with Crippen molar-refractivity contribution < 1.29 is 9.47 Å². The summed E-state index contributed by atoms with van der Waals surface area (Å²) in [5.74, 6) is 1.69. The van der Waals surface area contributed by atoms with E-state index in [2.05, 4.69) is 36.4 Å². The maximum absolute atomic E-state index is 5.68. The van der Waals surface area contributed by atoms with Crippen molar-refractivity contribution in [1.29, 1.82) is 0 Å². The van der Waals surface area contributed by atoms with Gasteiger partial charge in [-0.15, -0.1) is 24.8 Å². The van der Waals surface area contributed by atoms with Crippen molar-refractivity contribution in [2.45, 2.75) is 25.8 Å². The lowest BCUT2D eigenvalue weighted by atomic mass is 9.84. The summed E-state index contributed by atoms with van der Waals surface area (Å²) in [6, 6.07) is 6.23. The minimum atomic E-state index is 0. The lowest BCUT2D eigenvalue weighted by Crippen LogP contribution is -2.32. The lowest BCUT2D eigenvalue weighted by Gasteiger charge is -2.28. The number of benzene rings is 1. The Morgan fingerprint density at radius 3 is 2.54 bits per heavy atom. The predicted octanol–water partition coefficient (Wildman–Crippen LogP) is 3.10. The van der Waals surface area contributed by atoms with Crippen LogP contribution < -0.4 is 14.8 Å². The summed E-state index contributed by atoms with van der Waals surface area (Å²) in [5, 5.41) is 7.69. The Kier molecular flexibility index (Phi) is 7.39. The second-order valence-corrected chi connectivity index (χ2v) is 6.37. The highest BCUT2D eigenvalue weighted by Gasteiger charge is 2.23. The van der Waals surface area contributed by atoms with E-state index in [1.165, 1.54) is 11.1 Å². The smallest absolute Gasteiger partial charge is 0.161 e. The molecule has 1 aromatic heterocycles. The first-order valence-corrected chi connectivity index (χ1v) is 7.63. The molecule has 3 rings (SSSR count). The second kappa shape index (κ2) is 8.60. The minimum absolute atomic E-state index is 0. The maximum atomic E-state index is 5.68. The van der Waals surface area contributed by atoms with Crippen molar-refractivity contribution in [3.05, 3.63) is 41.7 Å². The molecule has 24 heavy (non-hydrogen) atoms. The molecule has 0 atom stereocenters. The lowest BCUT2D eigenvalue weighted by molar-refractivity contribution is 0.171. The van der Waals surface area contributed by atoms with Gasteiger partial charge in [-0.25, -0.2) is 0 Å². The quantitative estimate of drug-likeness (QED) is 0.874. The number of nitrogens with zero attached hydrogens (tertiary/aromatic N) is 2. The van der Waals surface area contributed by atoms with Gasteiger partial charge in [0.15, 0.2) is 11.5 Å². The summed E-state index contributed by atoms with van der Waals surface area (Å²) >= 11 is 0. The van der Waals surface area contributed by atoms with Crippen LogP contribution in [0.1, 0.15) is 25.0 Å². The molecule has 0 saturated heterocycles. The molecule has 0 unspecified atom stereocenters. The SMILES string of the molecule is Cl.Cl.Cn1cc(CNCC(C)(C)c2ccc3c(c2)OCCO3)cn1. The van der Waals surface area contributed by atoms with Gasteiger partial charge in [0.25, 0.3) is 0 Å². The molecule has 0 bridgehead atoms. The average Bonchev–Trinajstić information content (AvgIpc) is 2.92. The van der Waals surface area contributed by atoms with Crippen LogP contribution in [-0.4, -0.2) is 29.5 Å². The average molecular weight is 374 g/mol. The van der Waals surface area contributed by atoms with Crippen LogP contribution in [0.5, 0.6) is 11.5 Å². The Hall–Kier alpha value is -1.43. The molecule has 1 aliphatic rings. The first-order valence-electron chi connectivity index (χ1n) is 7.63. The summed E-state index contributed by atoms with van der Waals surface area (Å²) in [6.07, 6.45) is 3.92. The molecule has 5 nitrogen and oxygen atoms in total. The molecule has 134 valence electrons. The van der Waals surface area contributed by atoms with Gasteiger partial charge in [0, 0.05) is 37.3 Å². The number of fused-ring (bicyclic) bond motifs is 1. The van der Waals surface area contributed by atoms with Crippen LogP contribution in [0.15, 0.2) is 30.6 Å². The van der Waals surface area contributed by atoms with Crippen molar-refractivity contribution in [3.8, 4) is 11.5 Å². The molecule has 1 aromatic carbocycles. The molecule has 0 saturated carbocycles. The third kappa shape index (κ3) is 4.79. The highest BCUT2D eigenvalue weighted by atomic mass is 35.5. The van der Waals surface area contributed by atoms with E-state index in [9.17, 15) is 0 Å². The highest BCUT2D eigenvalue weighted by Crippen LogP contribution is 2.34. The molecule has 0 aliphatic carbocycles. The van der Waals surface area contributed by atoms with E-state index < -0.39 is 0 Å². The van der Waals surface area contributed by atoms with Crippen LogP contribution in [0.3, 0.4) is 0 Å². The van der Waals surface area contributed by atoms with E-state index in [1.807, 2.05) is 30.2 Å². The fourth-order valence-corrected chi connectivity index (χ4v) is 2.65. The van der Waals surface area contributed by atoms with E-state index >= 15 is 0 Å². The number of rotatable bonds is 5. The van der Waals surface area contributed by atoms with Gasteiger partial charge in [0.2, 0.25) is 0 Å². The van der Waals surface area contributed by atoms with Crippen LogP contribution in [0.2, 0.25) is 0 Å². The molecule has 0 amide bonds. The third-order valence-electron chi connectivity index (χ3n) is 3.98. The number of ether oxygens (including phenoxy) is 2. The van der Waals surface area contributed by atoms with E-state index in [-0.39, 0.29) is 30.2 Å². The van der Waals surface area contributed by atoms with E-state index in [1.54, 1.807) is 0 Å². The summed E-state index contributed by atoms with van der Waals surface area (Å²) in [5.41, 5.74) is 2.45. The number of hydrogen-bond donors (Lipinski definition) is 1. The number of nitrogens with one attached hydrogen (secondary N) is 1. The molecular weight excluding hydrogens is 349 g/mol. The topological polar surface area (TPSA) is 48.3 Å². The zero-order valence-corrected chi connectivity index (χ0v) is 15.9. The van der Waals surface area contributed by atoms with Gasteiger partial charge in [-0.05, 0) is 17.7 Å². The predicted molar refractivity (Wildman–Crippen MR) is 99.9 cm³/mol. The van der Waals surface area contributed by atoms with Crippen molar-refractivity contribution >= 4 is 24.8 Å². The van der Waals surface area contributed by atoms with Crippen LogP contribution >= 0.6 is 24.8 Å². The standard InChI is InChI=1S/C17H23N3O2.2ClH/c1-17(2,12-18-9-13-10-19-20(3)11-13)14-4-5-15-16(8-14)22-7-6-21-15;;/h4-5,8,10-11,18H,6-7,9,12H2,1-3H3;2*1H. The monoisotopic (exact) mass is 373 g/mol. The Labute approximate surface area is 155 Å². The highest BCUT2D eigenvalue weighted by molar-refractivity contribution is 5.85. The number of aryl methyl sites for hydroxylation is 1. The summed E-state index contributed by atoms with van der Waals surface area (Å²) in [7, 11) is 1.93. The zero-order chi connectivity index (χ0) is 15.6. The second-order valence-electron chi connectivity index (χ2n) is 6.37. The normalized spacial score (nSPS) is 13.0. The van der Waals surface area contributed by atoms with Crippen LogP contribution in [0.25, 0.3) is 0 Å². The Bertz CT molecular complexity index is 659. The first-order chi connectivity index (χ1) is 10.5. The Balaban J connectivity index is 0.00000144. The van der Waals surface area contributed by atoms with Crippen LogP contribution in [0, 0.1) is 0 Å². The first kappa shape index (κ1) is 20.6. The third-order valence-corrected chi connectivity index (χ3v) is 3.98. The van der Waals surface area contributed by atoms with Crippen LogP contribution in [0.4, 0.5) is 0 Å². The van der Waals surface area contributed by atoms with Gasteiger partial charge >= 0.3 is 0 Å². The molecule has 2 heterocycles. The largest absolute Gasteiger partial charge is 0.486 e. The van der Waals surface area contributed by atoms with E-state index in [4.69, 9.17) is 9.47 Å². The molecular formula is C17H25Cl2N3O2. The molecule has 0 radical (unpaired) electrons. The molecule has 1 aliphatic heterocycles. The van der Waals surface area contributed by atoms with Crippen molar-refractivity contribution in [2.24, 2.45) is 7.05 Å². The van der Waals surface area contributed by atoms with Crippen molar-refractivity contribution in [3.63, 3.8) is 0 Å². The Morgan fingerprint density at radius 2 is 1.88 bits per heavy atom. The fraction of sp³-hybridized carbons (Fsp3) is 0.471. The van der Waals surface area contributed by atoms with Gasteiger partial charge in [-0.3, -0.25) is 4.68 Å². The summed E-state index contributed by atoms with van der Waals surface area (Å²) in [4.78, 5) is 0. The number of halogens is 2. The summed E-state index contributed by atoms with van der Waals surface area (Å²) < 4.78 is 13.1. The van der Waals surface area contributed by atoms with Crippen molar-refractivity contribution in [1.82, 2.24) is 15.1 Å². The molecule has 7 heteroatoms. The van der Waals surface area contributed by atoms with Gasteiger partial charge in [-0.2, -0.15) is 5.10 Å². The minimum Gasteiger partial charge on any atom is -0.486 e. The van der Waals surface area contributed by atoms with Gasteiger partial charge in [0.05, 0.1) is 6.20 Å². The van der Waals surface area contributed by atoms with Gasteiger partial charge in [0.1, 0.15) is 13.2 Å². The number of hydrogen-bond acceptors (Lipinski definition) is 4. The molecule has 0 spiro atoms. The fourth-order valence-electron chi connectivity index (χ4n) is 2.65. The molecule has 2 aromatic rings. The van der Waals surface area contributed by atoms with Crippen molar-refractivity contribution in [2.75, 3.05) is 19.8 Å². The van der Waals surface area contributed by atoms with Gasteiger partial charge in [-0.1, -0.05) is 19.9 Å². The maximum Gasteiger partial charge on any atom is 0.161 e. The Morgan fingerprint density at radius 1 is 1.17 bits per heavy atom. The number of aromatic nitrogens is 2. The van der Waals surface area contributed by atoms with Gasteiger partial charge < -0.3 is 14.8 Å². The molecule has 0 fully saturated rings. The molecule has 1 N–H and O–H groups in total. The zero-order valence-electron chi connectivity index (χ0n) is 14.2. The van der Waals surface area contributed by atoms with E-state index in [0.717, 1.165) is 24.6 Å². The van der Waals surface area contributed by atoms with Crippen LogP contribution in [-0.2, 0) is 19.0 Å². The van der Waals surface area contributed by atoms with E-state index in [0.29, 0.717) is 13.2 Å². The summed E-state index contributed by atoms with van der Waals surface area (Å²) in [6.45, 7) is 7.41.